The van der Waals surface area contributed by atoms with E-state index in [2.05, 4.69) is 27.5 Å². The van der Waals surface area contributed by atoms with Gasteiger partial charge in [-0.15, -0.1) is 0 Å². The average molecular weight is 497 g/mol. The number of para-hydroxylation sites is 1. The first-order valence-electron chi connectivity index (χ1n) is 12.2. The highest BCUT2D eigenvalue weighted by Crippen LogP contribution is 2.30. The van der Waals surface area contributed by atoms with E-state index in [0.717, 1.165) is 46.4 Å². The van der Waals surface area contributed by atoms with Gasteiger partial charge in [0.05, 0.1) is 11.6 Å². The van der Waals surface area contributed by atoms with Crippen molar-refractivity contribution in [3.8, 4) is 11.1 Å². The number of halogens is 1. The number of carbonyl (C=O) groups is 1. The van der Waals surface area contributed by atoms with Crippen LogP contribution in [0.5, 0.6) is 0 Å². The molecule has 4 aromatic rings. The lowest BCUT2D eigenvalue weighted by Crippen LogP contribution is -2.46. The number of aromatic nitrogens is 2. The largest absolute Gasteiger partial charge is 0.379 e. The molecule has 1 aliphatic heterocycles. The number of fused-ring (bicyclic) bond motifs is 1. The normalized spacial score (nSPS) is 17.8. The number of nitrogens with zero attached hydrogens (tertiary/aromatic N) is 3. The number of amides is 1. The number of nitrogens with one attached hydrogen (secondary N) is 3. The van der Waals surface area contributed by atoms with E-state index in [1.54, 1.807) is 6.20 Å². The van der Waals surface area contributed by atoms with Gasteiger partial charge in [0, 0.05) is 47.3 Å². The summed E-state index contributed by atoms with van der Waals surface area (Å²) < 4.78 is 14.4. The molecule has 2 atom stereocenters. The maximum atomic E-state index is 14.4. The molecular weight excluding hydrogens is 467 g/mol. The predicted octanol–water partition coefficient (Wildman–Crippen LogP) is 5.62. The second kappa shape index (κ2) is 10.8. The van der Waals surface area contributed by atoms with Crippen LogP contribution in [0.1, 0.15) is 6.42 Å². The van der Waals surface area contributed by atoms with E-state index in [-0.39, 0.29) is 11.9 Å². The zero-order valence-electron chi connectivity index (χ0n) is 20.6. The average Bonchev–Trinajstić information content (AvgIpc) is 2.91. The van der Waals surface area contributed by atoms with Crippen LogP contribution >= 0.6 is 0 Å². The van der Waals surface area contributed by atoms with Gasteiger partial charge in [0.25, 0.3) is 0 Å². The molecule has 3 aromatic carbocycles. The Bertz CT molecular complexity index is 1420. The third kappa shape index (κ3) is 5.76. The second-order valence-corrected chi connectivity index (χ2v) is 9.23. The highest BCUT2D eigenvalue weighted by Gasteiger charge is 2.27. The van der Waals surface area contributed by atoms with E-state index in [1.165, 1.54) is 6.08 Å². The lowest BCUT2D eigenvalue weighted by molar-refractivity contribution is -0.111. The summed E-state index contributed by atoms with van der Waals surface area (Å²) in [5.41, 5.74) is 5.04. The molecule has 1 aromatic heterocycles. The third-order valence-corrected chi connectivity index (χ3v) is 6.47. The number of hydrogen-bond donors (Lipinski definition) is 3. The van der Waals surface area contributed by atoms with Crippen LogP contribution in [0, 0.1) is 0 Å². The van der Waals surface area contributed by atoms with Gasteiger partial charge in [-0.3, -0.25) is 4.79 Å². The minimum Gasteiger partial charge on any atom is -0.379 e. The Morgan fingerprint density at radius 3 is 2.65 bits per heavy atom. The standard InChI is InChI=1S/C29H29FN6O/c1-3-27(37)33-23-8-4-6-19(16-23)24-9-5-7-20-17-31-29(35-28(20)24)34-22-12-10-21(11-13-22)32-26-14-15-36(2)18-25(26)30/h3-13,16-17,25-26,32H,1,14-15,18H2,2H3,(H,33,37)(H,31,34,35)/t25-,26-/m1/s1. The molecule has 188 valence electrons. The molecule has 1 aliphatic rings. The summed E-state index contributed by atoms with van der Waals surface area (Å²) in [5, 5.41) is 10.3. The van der Waals surface area contributed by atoms with E-state index < -0.39 is 6.17 Å². The van der Waals surface area contributed by atoms with Gasteiger partial charge in [-0.05, 0) is 61.5 Å². The number of piperidine rings is 1. The van der Waals surface area contributed by atoms with E-state index in [0.29, 0.717) is 18.2 Å². The monoisotopic (exact) mass is 496 g/mol. The summed E-state index contributed by atoms with van der Waals surface area (Å²) in [6.07, 6.45) is 2.91. The molecule has 7 nitrogen and oxygen atoms in total. The van der Waals surface area contributed by atoms with Gasteiger partial charge in [0.15, 0.2) is 0 Å². The SMILES string of the molecule is C=CC(=O)Nc1cccc(-c2cccc3cnc(Nc4ccc(N[C@@H]5CCN(C)C[C@H]5F)cc4)nc23)c1. The molecule has 0 radical (unpaired) electrons. The van der Waals surface area contributed by atoms with Crippen LogP contribution in [0.15, 0.2) is 85.6 Å². The van der Waals surface area contributed by atoms with Gasteiger partial charge in [-0.25, -0.2) is 14.4 Å². The van der Waals surface area contributed by atoms with Crippen LogP contribution in [0.3, 0.4) is 0 Å². The lowest BCUT2D eigenvalue weighted by atomic mass is 10.0. The molecule has 3 N–H and O–H groups in total. The van der Waals surface area contributed by atoms with Crippen molar-refractivity contribution in [1.29, 1.82) is 0 Å². The van der Waals surface area contributed by atoms with Crippen molar-refractivity contribution >= 4 is 39.8 Å². The molecule has 1 amide bonds. The fourth-order valence-corrected chi connectivity index (χ4v) is 4.52. The first-order valence-corrected chi connectivity index (χ1v) is 12.2. The van der Waals surface area contributed by atoms with Gasteiger partial charge in [-0.1, -0.05) is 36.9 Å². The van der Waals surface area contributed by atoms with Gasteiger partial charge in [0.1, 0.15) is 6.17 Å². The van der Waals surface area contributed by atoms with Crippen molar-refractivity contribution in [2.45, 2.75) is 18.6 Å². The number of carbonyl (C=O) groups excluding carboxylic acids is 1. The zero-order chi connectivity index (χ0) is 25.8. The first kappa shape index (κ1) is 24.4. The Morgan fingerprint density at radius 2 is 1.86 bits per heavy atom. The van der Waals surface area contributed by atoms with Crippen molar-refractivity contribution in [2.24, 2.45) is 0 Å². The minimum absolute atomic E-state index is 0.180. The van der Waals surface area contributed by atoms with Crippen LogP contribution in [0.2, 0.25) is 0 Å². The summed E-state index contributed by atoms with van der Waals surface area (Å²) >= 11 is 0. The van der Waals surface area contributed by atoms with Gasteiger partial charge < -0.3 is 20.9 Å². The van der Waals surface area contributed by atoms with E-state index in [9.17, 15) is 9.18 Å². The van der Waals surface area contributed by atoms with Crippen LogP contribution in [-0.4, -0.2) is 53.1 Å². The number of alkyl halides is 1. The van der Waals surface area contributed by atoms with E-state index in [4.69, 9.17) is 4.98 Å². The fourth-order valence-electron chi connectivity index (χ4n) is 4.52. The number of likely N-dealkylation sites (tertiary alicyclic amines) is 1. The maximum Gasteiger partial charge on any atom is 0.247 e. The van der Waals surface area contributed by atoms with Crippen LogP contribution in [0.25, 0.3) is 22.0 Å². The number of rotatable bonds is 7. The molecule has 1 fully saturated rings. The Kier molecular flexibility index (Phi) is 7.09. The number of hydrogen-bond acceptors (Lipinski definition) is 6. The molecule has 37 heavy (non-hydrogen) atoms. The lowest BCUT2D eigenvalue weighted by Gasteiger charge is -2.33. The Hall–Kier alpha value is -4.30. The maximum absolute atomic E-state index is 14.4. The van der Waals surface area contributed by atoms with Crippen molar-refractivity contribution < 1.29 is 9.18 Å². The topological polar surface area (TPSA) is 82.2 Å². The van der Waals surface area contributed by atoms with Crippen molar-refractivity contribution in [3.63, 3.8) is 0 Å². The molecule has 2 heterocycles. The van der Waals surface area contributed by atoms with Crippen LogP contribution in [-0.2, 0) is 4.79 Å². The summed E-state index contributed by atoms with van der Waals surface area (Å²) in [6.45, 7) is 4.84. The molecule has 5 rings (SSSR count). The molecule has 0 aliphatic carbocycles. The Morgan fingerprint density at radius 1 is 1.08 bits per heavy atom. The summed E-state index contributed by atoms with van der Waals surface area (Å²) in [5.74, 6) is 0.205. The first-order chi connectivity index (χ1) is 18.0. The van der Waals surface area contributed by atoms with Crippen LogP contribution < -0.4 is 16.0 Å². The molecule has 0 saturated carbocycles. The molecule has 8 heteroatoms. The molecular formula is C29H29FN6O. The highest BCUT2D eigenvalue weighted by atomic mass is 19.1. The third-order valence-electron chi connectivity index (χ3n) is 6.47. The molecule has 1 saturated heterocycles. The number of benzene rings is 3. The second-order valence-electron chi connectivity index (χ2n) is 9.23. The summed E-state index contributed by atoms with van der Waals surface area (Å²) in [7, 11) is 1.95. The molecule has 0 bridgehead atoms. The summed E-state index contributed by atoms with van der Waals surface area (Å²) in [4.78, 5) is 23.0. The fraction of sp³-hybridized carbons (Fsp3) is 0.207. The van der Waals surface area contributed by atoms with E-state index in [1.807, 2.05) is 78.7 Å². The van der Waals surface area contributed by atoms with Crippen molar-refractivity contribution in [1.82, 2.24) is 14.9 Å². The van der Waals surface area contributed by atoms with Crippen molar-refractivity contribution in [2.75, 3.05) is 36.1 Å². The highest BCUT2D eigenvalue weighted by molar-refractivity contribution is 6.00. The predicted molar refractivity (Wildman–Crippen MR) is 148 cm³/mol. The summed E-state index contributed by atoms with van der Waals surface area (Å²) in [6, 6.07) is 21.1. The Labute approximate surface area is 215 Å². The zero-order valence-corrected chi connectivity index (χ0v) is 20.6. The molecule has 0 spiro atoms. The van der Waals surface area contributed by atoms with Gasteiger partial charge >= 0.3 is 0 Å². The Balaban J connectivity index is 1.34. The van der Waals surface area contributed by atoms with Crippen molar-refractivity contribution in [3.05, 3.63) is 85.6 Å². The van der Waals surface area contributed by atoms with E-state index >= 15 is 0 Å². The smallest absolute Gasteiger partial charge is 0.247 e. The molecule has 0 unspecified atom stereocenters. The quantitative estimate of drug-likeness (QED) is 0.288. The van der Waals surface area contributed by atoms with Crippen LogP contribution in [0.4, 0.5) is 27.4 Å². The van der Waals surface area contributed by atoms with Gasteiger partial charge in [0.2, 0.25) is 11.9 Å². The number of anilines is 4. The minimum atomic E-state index is -0.893. The van der Waals surface area contributed by atoms with Gasteiger partial charge in [-0.2, -0.15) is 0 Å².